The molecule has 3 aromatic rings. The van der Waals surface area contributed by atoms with Crippen LogP contribution in [0.4, 0.5) is 16.2 Å². The molecule has 1 aromatic carbocycles. The zero-order chi connectivity index (χ0) is 26.8. The Morgan fingerprint density at radius 3 is 2.50 bits per heavy atom. The van der Waals surface area contributed by atoms with E-state index in [9.17, 15) is 12.8 Å². The molecule has 0 aliphatic carbocycles. The number of sulfone groups is 1. The number of anilines is 2. The van der Waals surface area contributed by atoms with Gasteiger partial charge in [-0.25, -0.2) is 27.8 Å². The summed E-state index contributed by atoms with van der Waals surface area (Å²) in [4.78, 5) is 13.4. The predicted molar refractivity (Wildman–Crippen MR) is 153 cm³/mol. The van der Waals surface area contributed by atoms with E-state index in [1.807, 2.05) is 19.1 Å². The molecule has 0 atom stereocenters. The fourth-order valence-corrected chi connectivity index (χ4v) is 5.58. The first-order chi connectivity index (χ1) is 17.4. The molecule has 2 N–H and O–H groups in total. The minimum absolute atomic E-state index is 0. The third kappa shape index (κ3) is 7.20. The molecule has 1 fully saturated rings. The van der Waals surface area contributed by atoms with Gasteiger partial charge < -0.3 is 10.6 Å². The highest BCUT2D eigenvalue weighted by molar-refractivity contribution is 7.91. The lowest BCUT2D eigenvalue weighted by Gasteiger charge is -2.23. The van der Waals surface area contributed by atoms with Crippen LogP contribution in [0.3, 0.4) is 0 Å². The van der Waals surface area contributed by atoms with Crippen molar-refractivity contribution >= 4 is 45.6 Å². The van der Waals surface area contributed by atoms with Gasteiger partial charge in [-0.1, -0.05) is 23.7 Å². The van der Waals surface area contributed by atoms with E-state index in [2.05, 4.69) is 25.6 Å². The van der Waals surface area contributed by atoms with Gasteiger partial charge in [-0.05, 0) is 82.3 Å². The second-order valence-corrected chi connectivity index (χ2v) is 13.7. The molecular formula is C27H34Cl2FN5O2S. The van der Waals surface area contributed by atoms with E-state index in [1.165, 1.54) is 6.07 Å². The van der Waals surface area contributed by atoms with Crippen LogP contribution in [0.15, 0.2) is 36.7 Å². The highest BCUT2D eigenvalue weighted by Crippen LogP contribution is 2.29. The van der Waals surface area contributed by atoms with Crippen LogP contribution in [-0.4, -0.2) is 41.2 Å². The maximum Gasteiger partial charge on any atom is 0.228 e. The van der Waals surface area contributed by atoms with Crippen molar-refractivity contribution in [2.24, 2.45) is 0 Å². The Balaban J connectivity index is 0.00000400. The fourth-order valence-electron chi connectivity index (χ4n) is 4.24. The number of nitrogens with zero attached hydrogens (tertiary/aromatic N) is 3. The molecule has 0 amide bonds. The second-order valence-electron chi connectivity index (χ2n) is 10.5. The van der Waals surface area contributed by atoms with Gasteiger partial charge in [0.1, 0.15) is 11.6 Å². The number of nitrogens with one attached hydrogen (secondary N) is 2. The third-order valence-electron chi connectivity index (χ3n) is 6.74. The van der Waals surface area contributed by atoms with E-state index < -0.39 is 14.6 Å². The van der Waals surface area contributed by atoms with Gasteiger partial charge in [-0.2, -0.15) is 0 Å². The van der Waals surface area contributed by atoms with Crippen LogP contribution in [0.1, 0.15) is 67.5 Å². The monoisotopic (exact) mass is 581 g/mol. The summed E-state index contributed by atoms with van der Waals surface area (Å²) in [5.74, 6) is 0.407. The van der Waals surface area contributed by atoms with Crippen LogP contribution >= 0.6 is 24.0 Å². The maximum atomic E-state index is 14.8. The van der Waals surface area contributed by atoms with Crippen molar-refractivity contribution in [1.29, 1.82) is 0 Å². The summed E-state index contributed by atoms with van der Waals surface area (Å²) in [7, 11) is -3.39. The van der Waals surface area contributed by atoms with Crippen LogP contribution in [0.2, 0.25) is 5.02 Å². The van der Waals surface area contributed by atoms with Crippen LogP contribution < -0.4 is 10.6 Å². The van der Waals surface area contributed by atoms with Crippen molar-refractivity contribution in [1.82, 2.24) is 20.3 Å². The summed E-state index contributed by atoms with van der Waals surface area (Å²) in [6.45, 7) is 8.71. The fraction of sp³-hybridized carbons (Fsp3) is 0.444. The van der Waals surface area contributed by atoms with Crippen LogP contribution in [0.5, 0.6) is 0 Å². The van der Waals surface area contributed by atoms with E-state index in [4.69, 9.17) is 11.6 Å². The summed E-state index contributed by atoms with van der Waals surface area (Å²) in [6.07, 6.45) is 5.54. The Labute approximate surface area is 235 Å². The summed E-state index contributed by atoms with van der Waals surface area (Å²) in [6, 6.07) is 6.79. The summed E-state index contributed by atoms with van der Waals surface area (Å²) >= 11 is 6.33. The van der Waals surface area contributed by atoms with Crippen LogP contribution in [-0.2, 0) is 22.0 Å². The smallest absolute Gasteiger partial charge is 0.228 e. The number of aryl methyl sites for hydroxylation is 1. The quantitative estimate of drug-likeness (QED) is 0.358. The van der Waals surface area contributed by atoms with Gasteiger partial charge in [0.05, 0.1) is 16.2 Å². The van der Waals surface area contributed by atoms with Gasteiger partial charge >= 0.3 is 0 Å². The van der Waals surface area contributed by atoms with E-state index >= 15 is 0 Å². The topological polar surface area (TPSA) is 96.9 Å². The molecule has 206 valence electrons. The van der Waals surface area contributed by atoms with Gasteiger partial charge in [0.2, 0.25) is 5.95 Å². The highest BCUT2D eigenvalue weighted by Gasteiger charge is 2.29. The number of hydrogen-bond acceptors (Lipinski definition) is 7. The number of pyridine rings is 1. The van der Waals surface area contributed by atoms with Crippen LogP contribution in [0, 0.1) is 12.7 Å². The highest BCUT2D eigenvalue weighted by atomic mass is 35.5. The number of rotatable bonds is 7. The number of aromatic nitrogens is 3. The first kappa shape index (κ1) is 30.2. The molecule has 7 nitrogen and oxygen atoms in total. The largest absolute Gasteiger partial charge is 0.317 e. The summed E-state index contributed by atoms with van der Waals surface area (Å²) < 4.78 is 39.4. The maximum absolute atomic E-state index is 14.8. The second kappa shape index (κ2) is 12.2. The van der Waals surface area contributed by atoms with Gasteiger partial charge in [0.15, 0.2) is 9.84 Å². The summed E-state index contributed by atoms with van der Waals surface area (Å²) in [5, 5.41) is 6.72. The molecule has 0 bridgehead atoms. The minimum atomic E-state index is -3.39. The predicted octanol–water partition coefficient (Wildman–Crippen LogP) is 5.91. The number of benzene rings is 1. The standard InChI is InChI=1S/C27H33ClFN5O2S.ClH/c1-17-14-32-26(34-25-13-23(29)21(15-31-25)19-7-9-30-10-8-19)33-24(17)12-18-5-6-22(28)20(11-18)16-37(35,36)27(2,3)4;/h5-6,11,13-15,19,30H,7-10,12,16H2,1-4H3,(H,31,32,33,34);1H. The lowest BCUT2D eigenvalue weighted by molar-refractivity contribution is 0.444. The van der Waals surface area contributed by atoms with E-state index in [-0.39, 0.29) is 29.9 Å². The Kier molecular flexibility index (Phi) is 9.73. The lowest BCUT2D eigenvalue weighted by atomic mass is 9.91. The normalized spacial score (nSPS) is 14.7. The molecule has 38 heavy (non-hydrogen) atoms. The van der Waals surface area contributed by atoms with Gasteiger partial charge in [0, 0.05) is 35.5 Å². The molecule has 2 aromatic heterocycles. The minimum Gasteiger partial charge on any atom is -0.317 e. The van der Waals surface area contributed by atoms with E-state index in [0.29, 0.717) is 34.3 Å². The number of halogens is 3. The molecule has 11 heteroatoms. The average Bonchev–Trinajstić information content (AvgIpc) is 2.83. The third-order valence-corrected chi connectivity index (χ3v) is 9.66. The van der Waals surface area contributed by atoms with Crippen molar-refractivity contribution < 1.29 is 12.8 Å². The van der Waals surface area contributed by atoms with E-state index in [1.54, 1.807) is 39.2 Å². The molecule has 0 spiro atoms. The Morgan fingerprint density at radius 1 is 1.13 bits per heavy atom. The molecule has 3 heterocycles. The van der Waals surface area contributed by atoms with Crippen molar-refractivity contribution in [3.63, 3.8) is 0 Å². The zero-order valence-electron chi connectivity index (χ0n) is 22.0. The van der Waals surface area contributed by atoms with Crippen molar-refractivity contribution in [3.05, 3.63) is 75.4 Å². The van der Waals surface area contributed by atoms with E-state index in [0.717, 1.165) is 42.8 Å². The van der Waals surface area contributed by atoms with Gasteiger partial charge in [-0.15, -0.1) is 12.4 Å². The average molecular weight is 583 g/mol. The van der Waals surface area contributed by atoms with Crippen molar-refractivity contribution in [2.45, 2.75) is 63.4 Å². The molecule has 1 aliphatic heterocycles. The van der Waals surface area contributed by atoms with Gasteiger partial charge in [-0.3, -0.25) is 0 Å². The van der Waals surface area contributed by atoms with Crippen LogP contribution in [0.25, 0.3) is 0 Å². The zero-order valence-corrected chi connectivity index (χ0v) is 24.4. The number of hydrogen-bond donors (Lipinski definition) is 2. The number of piperidine rings is 1. The first-order valence-electron chi connectivity index (χ1n) is 12.4. The molecule has 0 saturated carbocycles. The molecule has 1 aliphatic rings. The SMILES string of the molecule is Cc1cnc(Nc2cc(F)c(C3CCNCC3)cn2)nc1Cc1ccc(Cl)c(CS(=O)(=O)C(C)(C)C)c1.Cl. The first-order valence-corrected chi connectivity index (χ1v) is 14.4. The molecule has 0 radical (unpaired) electrons. The lowest BCUT2D eigenvalue weighted by Crippen LogP contribution is -2.29. The van der Waals surface area contributed by atoms with Crippen molar-refractivity contribution in [3.8, 4) is 0 Å². The van der Waals surface area contributed by atoms with Crippen molar-refractivity contribution in [2.75, 3.05) is 18.4 Å². The Hall–Kier alpha value is -2.33. The molecule has 0 unspecified atom stereocenters. The Morgan fingerprint density at radius 2 is 1.84 bits per heavy atom. The summed E-state index contributed by atoms with van der Waals surface area (Å²) in [5.41, 5.74) is 3.73. The molecular weight excluding hydrogens is 548 g/mol. The molecule has 4 rings (SSSR count). The Bertz CT molecular complexity index is 1390. The molecule has 1 saturated heterocycles. The van der Waals surface area contributed by atoms with Gasteiger partial charge in [0.25, 0.3) is 0 Å².